The van der Waals surface area contributed by atoms with Crippen LogP contribution in [0.4, 0.5) is 11.5 Å². The normalized spacial score (nSPS) is 10.2. The Kier molecular flexibility index (Phi) is 4.62. The van der Waals surface area contributed by atoms with E-state index >= 15 is 0 Å². The zero-order chi connectivity index (χ0) is 15.6. The highest BCUT2D eigenvalue weighted by molar-refractivity contribution is 6.43. The summed E-state index contributed by atoms with van der Waals surface area (Å²) in [6, 6.07) is 5.40. The molecule has 0 aliphatic carbocycles. The van der Waals surface area contributed by atoms with E-state index in [1.165, 1.54) is 12.3 Å². The summed E-state index contributed by atoms with van der Waals surface area (Å²) in [5, 5.41) is 13.2. The van der Waals surface area contributed by atoms with Crippen LogP contribution in [0.5, 0.6) is 0 Å². The Hall–Kier alpha value is -1.89. The maximum absolute atomic E-state index is 12.1. The van der Waals surface area contributed by atoms with Crippen molar-refractivity contribution in [2.24, 2.45) is 0 Å². The Balaban J connectivity index is 2.36. The fourth-order valence-corrected chi connectivity index (χ4v) is 2.06. The van der Waals surface area contributed by atoms with Crippen LogP contribution in [0.1, 0.15) is 10.4 Å². The number of pyridine rings is 1. The number of rotatable bonds is 3. The molecule has 1 amide bonds. The van der Waals surface area contributed by atoms with Crippen molar-refractivity contribution in [2.75, 3.05) is 5.32 Å². The second kappa shape index (κ2) is 6.26. The van der Waals surface area contributed by atoms with Gasteiger partial charge in [0.25, 0.3) is 11.6 Å². The number of hydrogen-bond donors (Lipinski definition) is 1. The molecule has 0 saturated carbocycles. The lowest BCUT2D eigenvalue weighted by Gasteiger charge is -2.07. The standard InChI is InChI=1S/C12H6Cl3N3O3/c13-7-2-1-3-16-11(7)17-12(19)6-4-8(14)10(15)9(5-6)18(20)21/h1-5H,(H,16,17,19). The third-order valence-corrected chi connectivity index (χ3v) is 3.56. The number of nitro benzene ring substituents is 1. The minimum absolute atomic E-state index is 0.0298. The summed E-state index contributed by atoms with van der Waals surface area (Å²) in [7, 11) is 0. The van der Waals surface area contributed by atoms with Crippen LogP contribution in [-0.2, 0) is 0 Å². The largest absolute Gasteiger partial charge is 0.305 e. The van der Waals surface area contributed by atoms with Gasteiger partial charge in [-0.25, -0.2) is 4.98 Å². The molecule has 0 aliphatic rings. The van der Waals surface area contributed by atoms with E-state index in [-0.39, 0.29) is 26.4 Å². The van der Waals surface area contributed by atoms with Gasteiger partial charge in [-0.1, -0.05) is 34.8 Å². The molecule has 0 unspecified atom stereocenters. The van der Waals surface area contributed by atoms with E-state index in [2.05, 4.69) is 10.3 Å². The van der Waals surface area contributed by atoms with Crippen LogP contribution in [0.25, 0.3) is 0 Å². The lowest BCUT2D eigenvalue weighted by atomic mass is 10.2. The molecule has 1 aromatic heterocycles. The molecule has 21 heavy (non-hydrogen) atoms. The van der Waals surface area contributed by atoms with Crippen LogP contribution in [-0.4, -0.2) is 15.8 Å². The smallest absolute Gasteiger partial charge is 0.290 e. The Morgan fingerprint density at radius 3 is 2.57 bits per heavy atom. The Morgan fingerprint density at radius 1 is 1.24 bits per heavy atom. The van der Waals surface area contributed by atoms with Crippen molar-refractivity contribution in [1.82, 2.24) is 4.98 Å². The predicted octanol–water partition coefficient (Wildman–Crippen LogP) is 4.20. The SMILES string of the molecule is O=C(Nc1ncccc1Cl)c1cc(Cl)c(Cl)c([N+](=O)[O-])c1. The molecule has 0 atom stereocenters. The highest BCUT2D eigenvalue weighted by Crippen LogP contribution is 2.33. The van der Waals surface area contributed by atoms with Gasteiger partial charge in [-0.15, -0.1) is 0 Å². The summed E-state index contributed by atoms with van der Waals surface area (Å²) < 4.78 is 0. The van der Waals surface area contributed by atoms with Crippen LogP contribution < -0.4 is 5.32 Å². The van der Waals surface area contributed by atoms with Gasteiger partial charge in [0, 0.05) is 17.8 Å². The lowest BCUT2D eigenvalue weighted by molar-refractivity contribution is -0.384. The first-order chi connectivity index (χ1) is 9.90. The first kappa shape index (κ1) is 15.5. The number of carbonyl (C=O) groups is 1. The third kappa shape index (κ3) is 3.41. The average Bonchev–Trinajstić information content (AvgIpc) is 2.43. The maximum atomic E-state index is 12.1. The van der Waals surface area contributed by atoms with Crippen LogP contribution in [0.15, 0.2) is 30.5 Å². The number of benzene rings is 1. The summed E-state index contributed by atoms with van der Waals surface area (Å²) >= 11 is 17.4. The quantitative estimate of drug-likeness (QED) is 0.666. The van der Waals surface area contributed by atoms with Crippen molar-refractivity contribution >= 4 is 52.2 Å². The Labute approximate surface area is 133 Å². The minimum Gasteiger partial charge on any atom is -0.305 e. The Bertz CT molecular complexity index is 737. The zero-order valence-corrected chi connectivity index (χ0v) is 12.4. The highest BCUT2D eigenvalue weighted by atomic mass is 35.5. The molecule has 2 aromatic rings. The van der Waals surface area contributed by atoms with Gasteiger partial charge in [0.1, 0.15) is 5.02 Å². The summed E-state index contributed by atoms with van der Waals surface area (Å²) in [5.41, 5.74) is -0.487. The molecule has 0 bridgehead atoms. The number of halogens is 3. The van der Waals surface area contributed by atoms with Crippen LogP contribution in [0.2, 0.25) is 15.1 Å². The van der Waals surface area contributed by atoms with Crippen molar-refractivity contribution in [3.05, 3.63) is 61.2 Å². The first-order valence-corrected chi connectivity index (χ1v) is 6.59. The van der Waals surface area contributed by atoms with Crippen LogP contribution in [0, 0.1) is 10.1 Å². The van der Waals surface area contributed by atoms with E-state index in [9.17, 15) is 14.9 Å². The van der Waals surface area contributed by atoms with Crippen molar-refractivity contribution < 1.29 is 9.72 Å². The van der Waals surface area contributed by atoms with Gasteiger partial charge in [0.05, 0.1) is 15.0 Å². The molecule has 0 saturated heterocycles. The van der Waals surface area contributed by atoms with Gasteiger partial charge in [0.15, 0.2) is 5.82 Å². The van der Waals surface area contributed by atoms with E-state index in [1.807, 2.05) is 0 Å². The number of anilines is 1. The fourth-order valence-electron chi connectivity index (χ4n) is 1.50. The number of hydrogen-bond acceptors (Lipinski definition) is 4. The van der Waals surface area contributed by atoms with Gasteiger partial charge in [-0.3, -0.25) is 14.9 Å². The molecule has 2 rings (SSSR count). The second-order valence-corrected chi connectivity index (χ2v) is 5.03. The van der Waals surface area contributed by atoms with E-state index in [4.69, 9.17) is 34.8 Å². The Morgan fingerprint density at radius 2 is 1.95 bits per heavy atom. The molecule has 0 spiro atoms. The number of nitro groups is 1. The van der Waals surface area contributed by atoms with Crippen molar-refractivity contribution in [1.29, 1.82) is 0 Å². The number of nitrogens with one attached hydrogen (secondary N) is 1. The molecular formula is C12H6Cl3N3O3. The van der Waals surface area contributed by atoms with Gasteiger partial charge in [-0.2, -0.15) is 0 Å². The van der Waals surface area contributed by atoms with Crippen molar-refractivity contribution in [3.63, 3.8) is 0 Å². The fraction of sp³-hybridized carbons (Fsp3) is 0. The molecule has 0 fully saturated rings. The number of amides is 1. The van der Waals surface area contributed by atoms with Gasteiger partial charge in [-0.05, 0) is 18.2 Å². The summed E-state index contributed by atoms with van der Waals surface area (Å²) in [5.74, 6) is -0.504. The summed E-state index contributed by atoms with van der Waals surface area (Å²) in [6.45, 7) is 0. The van der Waals surface area contributed by atoms with Gasteiger partial charge in [0.2, 0.25) is 0 Å². The average molecular weight is 347 g/mol. The zero-order valence-electron chi connectivity index (χ0n) is 10.1. The van der Waals surface area contributed by atoms with Crippen molar-refractivity contribution in [2.45, 2.75) is 0 Å². The third-order valence-electron chi connectivity index (χ3n) is 2.46. The monoisotopic (exact) mass is 345 g/mol. The number of nitrogens with zero attached hydrogens (tertiary/aromatic N) is 2. The lowest BCUT2D eigenvalue weighted by Crippen LogP contribution is -2.13. The second-order valence-electron chi connectivity index (χ2n) is 3.84. The summed E-state index contributed by atoms with van der Waals surface area (Å²) in [4.78, 5) is 26.1. The van der Waals surface area contributed by atoms with Crippen LogP contribution in [0.3, 0.4) is 0 Å². The predicted molar refractivity (Wildman–Crippen MR) is 80.3 cm³/mol. The molecule has 1 N–H and O–H groups in total. The molecule has 0 aliphatic heterocycles. The van der Waals surface area contributed by atoms with Crippen molar-refractivity contribution in [3.8, 4) is 0 Å². The van der Waals surface area contributed by atoms with E-state index in [1.54, 1.807) is 12.1 Å². The maximum Gasteiger partial charge on any atom is 0.290 e. The topological polar surface area (TPSA) is 85.1 Å². The van der Waals surface area contributed by atoms with E-state index in [0.717, 1.165) is 6.07 Å². The first-order valence-electron chi connectivity index (χ1n) is 5.45. The molecule has 1 aromatic carbocycles. The van der Waals surface area contributed by atoms with E-state index < -0.39 is 16.5 Å². The van der Waals surface area contributed by atoms with Gasteiger partial charge >= 0.3 is 0 Å². The molecule has 6 nitrogen and oxygen atoms in total. The molecule has 9 heteroatoms. The molecule has 1 heterocycles. The molecule has 0 radical (unpaired) electrons. The van der Waals surface area contributed by atoms with Gasteiger partial charge < -0.3 is 5.32 Å². The summed E-state index contributed by atoms with van der Waals surface area (Å²) in [6.07, 6.45) is 1.44. The van der Waals surface area contributed by atoms with Crippen LogP contribution >= 0.6 is 34.8 Å². The molecule has 108 valence electrons. The minimum atomic E-state index is -0.723. The number of aromatic nitrogens is 1. The highest BCUT2D eigenvalue weighted by Gasteiger charge is 2.20. The number of carbonyl (C=O) groups excluding carboxylic acids is 1. The van der Waals surface area contributed by atoms with E-state index in [0.29, 0.717) is 0 Å². The molecular weight excluding hydrogens is 341 g/mol.